The topological polar surface area (TPSA) is 61.4 Å². The van der Waals surface area contributed by atoms with Gasteiger partial charge in [0.2, 0.25) is 0 Å². The van der Waals surface area contributed by atoms with E-state index in [1.807, 2.05) is 0 Å². The monoisotopic (exact) mass is 372 g/mol. The van der Waals surface area contributed by atoms with E-state index < -0.39 is 22.8 Å². The van der Waals surface area contributed by atoms with Crippen LogP contribution in [0.3, 0.4) is 0 Å². The van der Waals surface area contributed by atoms with Crippen molar-refractivity contribution in [1.29, 1.82) is 0 Å². The summed E-state index contributed by atoms with van der Waals surface area (Å²) >= 11 is 5.55. The van der Waals surface area contributed by atoms with Crippen LogP contribution >= 0.6 is 11.6 Å². The molecule has 0 bridgehead atoms. The number of hydrogen-bond donors (Lipinski definition) is 3. The SMILES string of the molecule is O=C(Nc1ccc(Cl)c(C(F)(F)F)c1)Nc1ccccc1CCCO. The third-order valence-electron chi connectivity index (χ3n) is 3.40. The number of carbonyl (C=O) groups is 1. The van der Waals surface area contributed by atoms with Crippen molar-refractivity contribution in [3.05, 3.63) is 58.6 Å². The van der Waals surface area contributed by atoms with E-state index in [0.29, 0.717) is 18.5 Å². The highest BCUT2D eigenvalue weighted by molar-refractivity contribution is 6.31. The molecule has 3 N–H and O–H groups in total. The molecule has 2 amide bonds. The Morgan fingerprint density at radius 3 is 2.52 bits per heavy atom. The van der Waals surface area contributed by atoms with Crippen molar-refractivity contribution in [2.45, 2.75) is 19.0 Å². The Bertz CT molecular complexity index is 751. The van der Waals surface area contributed by atoms with E-state index in [0.717, 1.165) is 17.7 Å². The lowest BCUT2D eigenvalue weighted by molar-refractivity contribution is -0.137. The molecule has 0 aliphatic heterocycles. The molecule has 0 aliphatic carbocycles. The van der Waals surface area contributed by atoms with Gasteiger partial charge in [-0.1, -0.05) is 29.8 Å². The summed E-state index contributed by atoms with van der Waals surface area (Å²) in [6, 6.07) is 9.47. The van der Waals surface area contributed by atoms with Gasteiger partial charge in [0.25, 0.3) is 0 Å². The van der Waals surface area contributed by atoms with Crippen LogP contribution < -0.4 is 10.6 Å². The molecule has 0 saturated carbocycles. The highest BCUT2D eigenvalue weighted by Crippen LogP contribution is 2.36. The minimum absolute atomic E-state index is 0.0194. The van der Waals surface area contributed by atoms with Gasteiger partial charge in [0.15, 0.2) is 0 Å². The number of halogens is 4. The lowest BCUT2D eigenvalue weighted by Gasteiger charge is -2.14. The molecule has 25 heavy (non-hydrogen) atoms. The molecule has 0 fully saturated rings. The van der Waals surface area contributed by atoms with Crippen LogP contribution in [0.2, 0.25) is 5.02 Å². The van der Waals surface area contributed by atoms with E-state index >= 15 is 0 Å². The summed E-state index contributed by atoms with van der Waals surface area (Å²) in [6.45, 7) is 0.0194. The molecular formula is C17H16ClF3N2O2. The molecule has 4 nitrogen and oxygen atoms in total. The number of urea groups is 1. The van der Waals surface area contributed by atoms with Crippen molar-refractivity contribution in [2.75, 3.05) is 17.2 Å². The van der Waals surface area contributed by atoms with Crippen molar-refractivity contribution in [1.82, 2.24) is 0 Å². The van der Waals surface area contributed by atoms with Gasteiger partial charge in [0.05, 0.1) is 10.6 Å². The standard InChI is InChI=1S/C17H16ClF3N2O2/c18-14-8-7-12(10-13(14)17(19,20)21)22-16(25)23-15-6-2-1-4-11(15)5-3-9-24/h1-2,4,6-8,10,24H,3,5,9H2,(H2,22,23,25). The maximum Gasteiger partial charge on any atom is 0.417 e. The minimum Gasteiger partial charge on any atom is -0.396 e. The molecule has 2 rings (SSSR count). The van der Waals surface area contributed by atoms with Crippen LogP contribution in [0.15, 0.2) is 42.5 Å². The van der Waals surface area contributed by atoms with E-state index in [1.54, 1.807) is 24.3 Å². The smallest absolute Gasteiger partial charge is 0.396 e. The minimum atomic E-state index is -4.61. The van der Waals surface area contributed by atoms with Gasteiger partial charge in [-0.2, -0.15) is 13.2 Å². The van der Waals surface area contributed by atoms with Crippen molar-refractivity contribution in [3.63, 3.8) is 0 Å². The molecule has 0 saturated heterocycles. The zero-order valence-electron chi connectivity index (χ0n) is 13.0. The molecule has 8 heteroatoms. The van der Waals surface area contributed by atoms with Crippen molar-refractivity contribution in [2.24, 2.45) is 0 Å². The van der Waals surface area contributed by atoms with Gasteiger partial charge in [-0.25, -0.2) is 4.79 Å². The van der Waals surface area contributed by atoms with Crippen LogP contribution in [-0.4, -0.2) is 17.7 Å². The first-order chi connectivity index (χ1) is 11.8. The molecule has 0 radical (unpaired) electrons. The Morgan fingerprint density at radius 1 is 1.12 bits per heavy atom. The second kappa shape index (κ2) is 8.22. The van der Waals surface area contributed by atoms with E-state index in [9.17, 15) is 18.0 Å². The summed E-state index contributed by atoms with van der Waals surface area (Å²) in [7, 11) is 0. The number of rotatable bonds is 5. The maximum atomic E-state index is 12.9. The molecule has 0 aromatic heterocycles. The molecule has 0 heterocycles. The van der Waals surface area contributed by atoms with Gasteiger partial charge in [0, 0.05) is 18.0 Å². The number of anilines is 2. The predicted octanol–water partition coefficient (Wildman–Crippen LogP) is 4.93. The van der Waals surface area contributed by atoms with E-state index in [-0.39, 0.29) is 12.3 Å². The summed E-state index contributed by atoms with van der Waals surface area (Å²) in [6.07, 6.45) is -3.51. The quantitative estimate of drug-likeness (QED) is 0.697. The molecule has 0 spiro atoms. The maximum absolute atomic E-state index is 12.9. The van der Waals surface area contributed by atoms with Gasteiger partial charge in [0.1, 0.15) is 0 Å². The molecule has 2 aromatic carbocycles. The van der Waals surface area contributed by atoms with Crippen LogP contribution in [0.1, 0.15) is 17.5 Å². The molecular weight excluding hydrogens is 357 g/mol. The fraction of sp³-hybridized carbons (Fsp3) is 0.235. The number of hydrogen-bond acceptors (Lipinski definition) is 2. The number of benzene rings is 2. The molecule has 0 atom stereocenters. The van der Waals surface area contributed by atoms with Crippen molar-refractivity contribution < 1.29 is 23.1 Å². The normalized spacial score (nSPS) is 11.2. The summed E-state index contributed by atoms with van der Waals surface area (Å²) in [5.74, 6) is 0. The first-order valence-corrected chi connectivity index (χ1v) is 7.82. The first-order valence-electron chi connectivity index (χ1n) is 7.45. The van der Waals surface area contributed by atoms with Gasteiger partial charge in [-0.15, -0.1) is 0 Å². The Morgan fingerprint density at radius 2 is 1.84 bits per heavy atom. The highest BCUT2D eigenvalue weighted by atomic mass is 35.5. The van der Waals surface area contributed by atoms with Crippen LogP contribution in [0, 0.1) is 0 Å². The largest absolute Gasteiger partial charge is 0.417 e. The van der Waals surface area contributed by atoms with Crippen LogP contribution in [0.4, 0.5) is 29.3 Å². The first kappa shape index (κ1) is 19.1. The van der Waals surface area contributed by atoms with E-state index in [1.165, 1.54) is 6.07 Å². The Balaban J connectivity index is 2.11. The Kier molecular flexibility index (Phi) is 6.27. The van der Waals surface area contributed by atoms with Gasteiger partial charge in [-0.05, 0) is 42.7 Å². The zero-order valence-corrected chi connectivity index (χ0v) is 13.8. The zero-order chi connectivity index (χ0) is 18.4. The van der Waals surface area contributed by atoms with Crippen LogP contribution in [-0.2, 0) is 12.6 Å². The number of para-hydroxylation sites is 1. The number of amides is 2. The fourth-order valence-corrected chi connectivity index (χ4v) is 2.46. The van der Waals surface area contributed by atoms with E-state index in [2.05, 4.69) is 10.6 Å². The summed E-state index contributed by atoms with van der Waals surface area (Å²) < 4.78 is 38.6. The lowest BCUT2D eigenvalue weighted by atomic mass is 10.1. The fourth-order valence-electron chi connectivity index (χ4n) is 2.23. The second-order valence-corrected chi connectivity index (χ2v) is 5.66. The average molecular weight is 373 g/mol. The number of alkyl halides is 3. The summed E-state index contributed by atoms with van der Waals surface area (Å²) in [5.41, 5.74) is 0.301. The Hall–Kier alpha value is -2.25. The number of aliphatic hydroxyl groups is 1. The van der Waals surface area contributed by atoms with Crippen molar-refractivity contribution in [3.8, 4) is 0 Å². The van der Waals surface area contributed by atoms with Crippen LogP contribution in [0.5, 0.6) is 0 Å². The molecule has 134 valence electrons. The third-order valence-corrected chi connectivity index (χ3v) is 3.73. The van der Waals surface area contributed by atoms with Crippen LogP contribution in [0.25, 0.3) is 0 Å². The summed E-state index contributed by atoms with van der Waals surface area (Å²) in [4.78, 5) is 12.1. The van der Waals surface area contributed by atoms with E-state index in [4.69, 9.17) is 16.7 Å². The Labute approximate surface area is 147 Å². The van der Waals surface area contributed by atoms with Gasteiger partial charge < -0.3 is 15.7 Å². The third kappa shape index (κ3) is 5.37. The van der Waals surface area contributed by atoms with Crippen molar-refractivity contribution >= 4 is 29.0 Å². The number of aryl methyl sites for hydroxylation is 1. The average Bonchev–Trinajstić information content (AvgIpc) is 2.55. The number of nitrogens with one attached hydrogen (secondary N) is 2. The van der Waals surface area contributed by atoms with Gasteiger partial charge in [-0.3, -0.25) is 0 Å². The highest BCUT2D eigenvalue weighted by Gasteiger charge is 2.33. The molecule has 0 unspecified atom stereocenters. The lowest BCUT2D eigenvalue weighted by Crippen LogP contribution is -2.20. The predicted molar refractivity (Wildman–Crippen MR) is 90.9 cm³/mol. The second-order valence-electron chi connectivity index (χ2n) is 5.26. The summed E-state index contributed by atoms with van der Waals surface area (Å²) in [5, 5.41) is 13.4. The molecule has 0 aliphatic rings. The number of carbonyl (C=O) groups excluding carboxylic acids is 1. The number of aliphatic hydroxyl groups excluding tert-OH is 1. The van der Waals surface area contributed by atoms with Gasteiger partial charge >= 0.3 is 12.2 Å². The molecule has 2 aromatic rings.